The molecule has 1 unspecified atom stereocenters. The third-order valence-electron chi connectivity index (χ3n) is 2.78. The number of hydrogen-bond acceptors (Lipinski definition) is 2. The van der Waals surface area contributed by atoms with Crippen LogP contribution < -0.4 is 10.5 Å². The molecule has 1 rings (SSSR count). The first-order valence-electron chi connectivity index (χ1n) is 5.13. The van der Waals surface area contributed by atoms with Gasteiger partial charge in [-0.25, -0.2) is 8.78 Å². The zero-order chi connectivity index (χ0) is 12.2. The van der Waals surface area contributed by atoms with Gasteiger partial charge >= 0.3 is 0 Å². The second-order valence-corrected chi connectivity index (χ2v) is 4.15. The topological polar surface area (TPSA) is 35.2 Å². The molecular weight excluding hydrogens is 212 g/mol. The SMILES string of the molecule is COc1ccccc1CC(C)(CN)C(F)F. The van der Waals surface area contributed by atoms with Gasteiger partial charge in [0.25, 0.3) is 0 Å². The van der Waals surface area contributed by atoms with E-state index >= 15 is 0 Å². The number of methoxy groups -OCH3 is 1. The molecule has 90 valence electrons. The van der Waals surface area contributed by atoms with Crippen molar-refractivity contribution in [1.29, 1.82) is 0 Å². The molecule has 0 fully saturated rings. The maximum absolute atomic E-state index is 12.9. The van der Waals surface area contributed by atoms with Gasteiger partial charge in [-0.3, -0.25) is 0 Å². The van der Waals surface area contributed by atoms with Crippen LogP contribution in [0.1, 0.15) is 12.5 Å². The van der Waals surface area contributed by atoms with E-state index in [0.29, 0.717) is 5.75 Å². The highest BCUT2D eigenvalue weighted by molar-refractivity contribution is 5.34. The van der Waals surface area contributed by atoms with Gasteiger partial charge in [0.2, 0.25) is 6.43 Å². The van der Waals surface area contributed by atoms with Gasteiger partial charge in [0.05, 0.1) is 7.11 Å². The predicted molar refractivity (Wildman–Crippen MR) is 59.9 cm³/mol. The van der Waals surface area contributed by atoms with Gasteiger partial charge < -0.3 is 10.5 Å². The Hall–Kier alpha value is -1.16. The number of para-hydroxylation sites is 1. The van der Waals surface area contributed by atoms with Gasteiger partial charge in [-0.05, 0) is 18.1 Å². The summed E-state index contributed by atoms with van der Waals surface area (Å²) < 4.78 is 30.9. The maximum Gasteiger partial charge on any atom is 0.245 e. The zero-order valence-electron chi connectivity index (χ0n) is 9.54. The molecule has 0 saturated carbocycles. The first-order chi connectivity index (χ1) is 7.53. The number of hydrogen-bond donors (Lipinski definition) is 1. The third kappa shape index (κ3) is 2.70. The molecule has 0 heterocycles. The highest BCUT2D eigenvalue weighted by Crippen LogP contribution is 2.32. The van der Waals surface area contributed by atoms with E-state index in [2.05, 4.69) is 0 Å². The number of nitrogens with two attached hydrogens (primary N) is 1. The predicted octanol–water partition coefficient (Wildman–Crippen LogP) is 2.47. The molecule has 2 N–H and O–H groups in total. The van der Waals surface area contributed by atoms with Gasteiger partial charge in [0, 0.05) is 12.0 Å². The van der Waals surface area contributed by atoms with Crippen LogP contribution in [-0.4, -0.2) is 20.1 Å². The van der Waals surface area contributed by atoms with E-state index in [4.69, 9.17) is 10.5 Å². The normalized spacial score (nSPS) is 14.9. The van der Waals surface area contributed by atoms with Crippen molar-refractivity contribution >= 4 is 0 Å². The van der Waals surface area contributed by atoms with Gasteiger partial charge in [0.1, 0.15) is 5.75 Å². The summed E-state index contributed by atoms with van der Waals surface area (Å²) >= 11 is 0. The lowest BCUT2D eigenvalue weighted by atomic mass is 9.84. The largest absolute Gasteiger partial charge is 0.496 e. The van der Waals surface area contributed by atoms with Gasteiger partial charge in [-0.1, -0.05) is 25.1 Å². The average molecular weight is 229 g/mol. The summed E-state index contributed by atoms with van der Waals surface area (Å²) in [5.74, 6) is 0.628. The number of alkyl halides is 2. The molecule has 0 aromatic heterocycles. The third-order valence-corrected chi connectivity index (χ3v) is 2.78. The molecule has 0 bridgehead atoms. The first kappa shape index (κ1) is 12.9. The fraction of sp³-hybridized carbons (Fsp3) is 0.500. The van der Waals surface area contributed by atoms with Gasteiger partial charge in [-0.2, -0.15) is 0 Å². The first-order valence-corrected chi connectivity index (χ1v) is 5.13. The van der Waals surface area contributed by atoms with Crippen molar-refractivity contribution in [2.24, 2.45) is 11.1 Å². The van der Waals surface area contributed by atoms with E-state index < -0.39 is 11.8 Å². The van der Waals surface area contributed by atoms with E-state index in [1.807, 2.05) is 6.07 Å². The van der Waals surface area contributed by atoms with Crippen molar-refractivity contribution in [3.8, 4) is 5.75 Å². The van der Waals surface area contributed by atoms with E-state index in [1.54, 1.807) is 18.2 Å². The Morgan fingerprint density at radius 1 is 1.38 bits per heavy atom. The van der Waals surface area contributed by atoms with Crippen LogP contribution in [0, 0.1) is 5.41 Å². The van der Waals surface area contributed by atoms with Crippen molar-refractivity contribution in [1.82, 2.24) is 0 Å². The Kier molecular flexibility index (Phi) is 4.24. The molecule has 4 heteroatoms. The lowest BCUT2D eigenvalue weighted by Gasteiger charge is -2.27. The van der Waals surface area contributed by atoms with E-state index in [1.165, 1.54) is 14.0 Å². The van der Waals surface area contributed by atoms with Crippen molar-refractivity contribution < 1.29 is 13.5 Å². The highest BCUT2D eigenvalue weighted by Gasteiger charge is 2.34. The second-order valence-electron chi connectivity index (χ2n) is 4.15. The Labute approximate surface area is 94.4 Å². The zero-order valence-corrected chi connectivity index (χ0v) is 9.54. The van der Waals surface area contributed by atoms with E-state index in [0.717, 1.165) is 5.56 Å². The molecule has 0 aliphatic rings. The quantitative estimate of drug-likeness (QED) is 0.841. The molecule has 0 aliphatic heterocycles. The van der Waals surface area contributed by atoms with Gasteiger partial charge in [0.15, 0.2) is 0 Å². The van der Waals surface area contributed by atoms with Crippen molar-refractivity contribution in [3.05, 3.63) is 29.8 Å². The number of benzene rings is 1. The molecule has 0 aliphatic carbocycles. The smallest absolute Gasteiger partial charge is 0.245 e. The van der Waals surface area contributed by atoms with Crippen molar-refractivity contribution in [2.45, 2.75) is 19.8 Å². The van der Waals surface area contributed by atoms with E-state index in [9.17, 15) is 8.78 Å². The van der Waals surface area contributed by atoms with Crippen molar-refractivity contribution in [3.63, 3.8) is 0 Å². The second kappa shape index (κ2) is 5.25. The Bertz CT molecular complexity index is 344. The summed E-state index contributed by atoms with van der Waals surface area (Å²) in [6, 6.07) is 7.16. The molecule has 1 aromatic rings. The van der Waals surface area contributed by atoms with Crippen LogP contribution in [0.25, 0.3) is 0 Å². The lowest BCUT2D eigenvalue weighted by molar-refractivity contribution is 0.0130. The fourth-order valence-corrected chi connectivity index (χ4v) is 1.52. The summed E-state index contributed by atoms with van der Waals surface area (Å²) in [7, 11) is 1.53. The molecule has 0 radical (unpaired) electrons. The van der Waals surface area contributed by atoms with Crippen LogP contribution in [0.2, 0.25) is 0 Å². The van der Waals surface area contributed by atoms with E-state index in [-0.39, 0.29) is 13.0 Å². The maximum atomic E-state index is 12.9. The molecule has 0 spiro atoms. The van der Waals surface area contributed by atoms with Crippen LogP contribution in [0.5, 0.6) is 5.75 Å². The number of halogens is 2. The van der Waals surface area contributed by atoms with Crippen LogP contribution in [-0.2, 0) is 6.42 Å². The Morgan fingerprint density at radius 3 is 2.50 bits per heavy atom. The molecule has 0 saturated heterocycles. The standard InChI is InChI=1S/C12H17F2NO/c1-12(8-15,11(13)14)7-9-5-3-4-6-10(9)16-2/h3-6,11H,7-8,15H2,1-2H3. The summed E-state index contributed by atoms with van der Waals surface area (Å²) in [6.45, 7) is 1.44. The van der Waals surface area contributed by atoms with Crippen LogP contribution in [0.3, 0.4) is 0 Å². The van der Waals surface area contributed by atoms with Crippen LogP contribution >= 0.6 is 0 Å². The Morgan fingerprint density at radius 2 is 2.00 bits per heavy atom. The molecule has 0 amide bonds. The number of ether oxygens (including phenoxy) is 1. The van der Waals surface area contributed by atoms with Gasteiger partial charge in [-0.15, -0.1) is 0 Å². The van der Waals surface area contributed by atoms with Crippen LogP contribution in [0.15, 0.2) is 24.3 Å². The molecule has 1 atom stereocenters. The van der Waals surface area contributed by atoms with Crippen LogP contribution in [0.4, 0.5) is 8.78 Å². The summed E-state index contributed by atoms with van der Waals surface area (Å²) in [5, 5.41) is 0. The molecular formula is C12H17F2NO. The molecule has 2 nitrogen and oxygen atoms in total. The molecule has 1 aromatic carbocycles. The minimum absolute atomic E-state index is 0.0529. The summed E-state index contributed by atoms with van der Waals surface area (Å²) in [4.78, 5) is 0. The molecule has 16 heavy (non-hydrogen) atoms. The lowest BCUT2D eigenvalue weighted by Crippen LogP contribution is -2.36. The van der Waals surface area contributed by atoms with Crippen molar-refractivity contribution in [2.75, 3.05) is 13.7 Å². The number of rotatable bonds is 5. The average Bonchev–Trinajstić information content (AvgIpc) is 2.29. The minimum Gasteiger partial charge on any atom is -0.496 e. The monoisotopic (exact) mass is 229 g/mol. The summed E-state index contributed by atoms with van der Waals surface area (Å²) in [6.07, 6.45) is -2.23. The summed E-state index contributed by atoms with van der Waals surface area (Å²) in [5.41, 5.74) is 4.99. The Balaban J connectivity index is 2.94. The fourth-order valence-electron chi connectivity index (χ4n) is 1.52. The highest BCUT2D eigenvalue weighted by atomic mass is 19.3. The minimum atomic E-state index is -2.44.